The van der Waals surface area contributed by atoms with E-state index in [1.54, 1.807) is 0 Å². The quantitative estimate of drug-likeness (QED) is 0.367. The predicted octanol–water partition coefficient (Wildman–Crippen LogP) is 6.46. The van der Waals surface area contributed by atoms with Crippen molar-refractivity contribution in [3.63, 3.8) is 0 Å². The Morgan fingerprint density at radius 3 is 2.04 bits per heavy atom. The molecule has 134 valence electrons. The zero-order chi connectivity index (χ0) is 18.8. The number of hydrogen-bond acceptors (Lipinski definition) is 2. The van der Waals surface area contributed by atoms with Gasteiger partial charge >= 0.3 is 0 Å². The molecule has 2 aromatic heterocycles. The van der Waals surface area contributed by atoms with Crippen molar-refractivity contribution in [2.24, 2.45) is 0 Å². The lowest BCUT2D eigenvalue weighted by Crippen LogP contribution is -1.89. The minimum absolute atomic E-state index is 0.822. The number of pyridine rings is 1. The van der Waals surface area contributed by atoms with Gasteiger partial charge in [0.25, 0.3) is 0 Å². The van der Waals surface area contributed by atoms with Crippen LogP contribution in [-0.2, 0) is 0 Å². The molecule has 3 heteroatoms. The van der Waals surface area contributed by atoms with Gasteiger partial charge in [0.2, 0.25) is 0 Å². The molecular weight excluding hydrogens is 344 g/mol. The highest BCUT2D eigenvalue weighted by Crippen LogP contribution is 2.28. The van der Waals surface area contributed by atoms with Crippen molar-refractivity contribution in [3.8, 4) is 33.9 Å². The van der Waals surface area contributed by atoms with Crippen LogP contribution in [0.4, 0.5) is 0 Å². The van der Waals surface area contributed by atoms with E-state index in [9.17, 15) is 0 Å². The second-order valence-electron chi connectivity index (χ2n) is 6.59. The van der Waals surface area contributed by atoms with Crippen LogP contribution in [0.2, 0.25) is 0 Å². The number of fused-ring (bicyclic) bond motifs is 1. The van der Waals surface area contributed by atoms with Gasteiger partial charge in [-0.15, -0.1) is 0 Å². The predicted molar refractivity (Wildman–Crippen MR) is 113 cm³/mol. The Hall–Kier alpha value is -3.85. The van der Waals surface area contributed by atoms with Crippen LogP contribution in [0.15, 0.2) is 109 Å². The lowest BCUT2D eigenvalue weighted by molar-refractivity contribution is 0.483. The third kappa shape index (κ3) is 3.14. The van der Waals surface area contributed by atoms with Gasteiger partial charge in [-0.1, -0.05) is 60.7 Å². The van der Waals surface area contributed by atoms with E-state index in [-0.39, 0.29) is 0 Å². The Morgan fingerprint density at radius 2 is 1.29 bits per heavy atom. The molecular formula is C25H18N2O. The zero-order valence-electron chi connectivity index (χ0n) is 15.2. The van der Waals surface area contributed by atoms with E-state index in [4.69, 9.17) is 4.74 Å². The molecule has 5 aromatic rings. The first-order valence-electron chi connectivity index (χ1n) is 9.23. The summed E-state index contributed by atoms with van der Waals surface area (Å²) in [5, 5.41) is 0. The van der Waals surface area contributed by atoms with Gasteiger partial charge < -0.3 is 4.74 Å². The molecule has 2 heterocycles. The largest absolute Gasteiger partial charge is 0.457 e. The number of aromatic nitrogens is 2. The van der Waals surface area contributed by atoms with Crippen LogP contribution in [0.5, 0.6) is 11.5 Å². The molecule has 28 heavy (non-hydrogen) atoms. The van der Waals surface area contributed by atoms with Crippen LogP contribution in [-0.4, -0.2) is 9.38 Å². The van der Waals surface area contributed by atoms with Gasteiger partial charge in [0, 0.05) is 11.8 Å². The summed E-state index contributed by atoms with van der Waals surface area (Å²) in [5.74, 6) is 1.66. The van der Waals surface area contributed by atoms with Crippen molar-refractivity contribution in [1.29, 1.82) is 0 Å². The van der Waals surface area contributed by atoms with E-state index in [1.807, 2.05) is 66.9 Å². The van der Waals surface area contributed by atoms with Crippen molar-refractivity contribution in [3.05, 3.63) is 109 Å². The molecule has 0 aliphatic rings. The first-order chi connectivity index (χ1) is 13.9. The number of benzene rings is 3. The smallest absolute Gasteiger partial charge is 0.137 e. The second kappa shape index (κ2) is 7.05. The monoisotopic (exact) mass is 362 g/mol. The summed E-state index contributed by atoms with van der Waals surface area (Å²) in [6, 6.07) is 32.5. The first kappa shape index (κ1) is 16.3. The number of para-hydroxylation sites is 1. The zero-order valence-corrected chi connectivity index (χ0v) is 15.2. The molecule has 0 aliphatic carbocycles. The highest BCUT2D eigenvalue weighted by atomic mass is 16.5. The van der Waals surface area contributed by atoms with Gasteiger partial charge in [-0.2, -0.15) is 0 Å². The molecule has 0 bridgehead atoms. The number of hydrogen-bond donors (Lipinski definition) is 0. The molecule has 0 saturated heterocycles. The molecule has 0 aliphatic heterocycles. The average molecular weight is 362 g/mol. The van der Waals surface area contributed by atoms with E-state index >= 15 is 0 Å². The van der Waals surface area contributed by atoms with Crippen LogP contribution in [0.3, 0.4) is 0 Å². The van der Waals surface area contributed by atoms with E-state index in [0.29, 0.717) is 0 Å². The van der Waals surface area contributed by atoms with Gasteiger partial charge in [-0.3, -0.25) is 4.40 Å². The highest BCUT2D eigenvalue weighted by Gasteiger charge is 2.07. The molecule has 0 saturated carbocycles. The normalized spacial score (nSPS) is 10.9. The lowest BCUT2D eigenvalue weighted by Gasteiger charge is -2.08. The molecule has 0 amide bonds. The van der Waals surface area contributed by atoms with Crippen molar-refractivity contribution < 1.29 is 4.74 Å². The Balaban J connectivity index is 1.43. The molecule has 0 fully saturated rings. The van der Waals surface area contributed by atoms with Gasteiger partial charge in [0.05, 0.1) is 11.9 Å². The third-order valence-corrected chi connectivity index (χ3v) is 4.75. The Labute approximate surface area is 163 Å². The standard InChI is InChI=1S/C25H18N2O/c1-3-7-20(8-4-1)24-18-26-25-17-21(15-16-27(24)25)19-11-13-23(14-12-19)28-22-9-5-2-6-10-22/h1-18H. The van der Waals surface area contributed by atoms with Gasteiger partial charge in [-0.25, -0.2) is 4.98 Å². The highest BCUT2D eigenvalue weighted by molar-refractivity contribution is 5.71. The van der Waals surface area contributed by atoms with Crippen molar-refractivity contribution in [1.82, 2.24) is 9.38 Å². The first-order valence-corrected chi connectivity index (χ1v) is 9.23. The summed E-state index contributed by atoms with van der Waals surface area (Å²) in [4.78, 5) is 4.59. The molecule has 3 aromatic carbocycles. The molecule has 3 nitrogen and oxygen atoms in total. The molecule has 0 unspecified atom stereocenters. The maximum Gasteiger partial charge on any atom is 0.137 e. The minimum atomic E-state index is 0.822. The number of rotatable bonds is 4. The maximum absolute atomic E-state index is 5.88. The van der Waals surface area contributed by atoms with Crippen LogP contribution < -0.4 is 4.74 Å². The fourth-order valence-corrected chi connectivity index (χ4v) is 3.32. The van der Waals surface area contributed by atoms with Crippen LogP contribution in [0.25, 0.3) is 28.0 Å². The summed E-state index contributed by atoms with van der Waals surface area (Å²) in [6.45, 7) is 0. The van der Waals surface area contributed by atoms with E-state index in [1.165, 1.54) is 0 Å². The summed E-state index contributed by atoms with van der Waals surface area (Å²) in [6.07, 6.45) is 4.00. The summed E-state index contributed by atoms with van der Waals surface area (Å²) < 4.78 is 7.99. The number of ether oxygens (including phenoxy) is 1. The van der Waals surface area contributed by atoms with Crippen LogP contribution in [0, 0.1) is 0 Å². The molecule has 0 N–H and O–H groups in total. The fourth-order valence-electron chi connectivity index (χ4n) is 3.32. The van der Waals surface area contributed by atoms with E-state index in [0.717, 1.165) is 39.5 Å². The molecule has 0 atom stereocenters. The Kier molecular flexibility index (Phi) is 4.11. The van der Waals surface area contributed by atoms with Gasteiger partial charge in [0.1, 0.15) is 17.1 Å². The topological polar surface area (TPSA) is 26.5 Å². The third-order valence-electron chi connectivity index (χ3n) is 4.75. The van der Waals surface area contributed by atoms with Crippen molar-refractivity contribution in [2.45, 2.75) is 0 Å². The van der Waals surface area contributed by atoms with E-state index in [2.05, 4.69) is 52.0 Å². The summed E-state index contributed by atoms with van der Waals surface area (Å²) in [7, 11) is 0. The summed E-state index contributed by atoms with van der Waals surface area (Å²) in [5.41, 5.74) is 5.44. The number of nitrogens with zero attached hydrogens (tertiary/aromatic N) is 2. The lowest BCUT2D eigenvalue weighted by atomic mass is 10.1. The fraction of sp³-hybridized carbons (Fsp3) is 0. The Morgan fingerprint density at radius 1 is 0.607 bits per heavy atom. The average Bonchev–Trinajstić information content (AvgIpc) is 3.19. The minimum Gasteiger partial charge on any atom is -0.457 e. The molecule has 0 spiro atoms. The van der Waals surface area contributed by atoms with Gasteiger partial charge in [0.15, 0.2) is 0 Å². The maximum atomic E-state index is 5.88. The SMILES string of the molecule is c1ccc(Oc2ccc(-c3ccn4c(-c5ccccc5)cnc4c3)cc2)cc1. The summed E-state index contributed by atoms with van der Waals surface area (Å²) >= 11 is 0. The van der Waals surface area contributed by atoms with E-state index < -0.39 is 0 Å². The Bertz CT molecular complexity index is 1210. The van der Waals surface area contributed by atoms with Gasteiger partial charge in [-0.05, 0) is 47.5 Å². The molecule has 5 rings (SSSR count). The van der Waals surface area contributed by atoms with Crippen molar-refractivity contribution >= 4 is 5.65 Å². The van der Waals surface area contributed by atoms with Crippen LogP contribution >= 0.6 is 0 Å². The molecule has 0 radical (unpaired) electrons. The van der Waals surface area contributed by atoms with Crippen molar-refractivity contribution in [2.75, 3.05) is 0 Å². The van der Waals surface area contributed by atoms with Crippen LogP contribution in [0.1, 0.15) is 0 Å². The number of imidazole rings is 1. The second-order valence-corrected chi connectivity index (χ2v) is 6.59.